The highest BCUT2D eigenvalue weighted by molar-refractivity contribution is 5.33. The van der Waals surface area contributed by atoms with Crippen molar-refractivity contribution in [1.82, 2.24) is 0 Å². The lowest BCUT2D eigenvalue weighted by molar-refractivity contribution is 0.297. The van der Waals surface area contributed by atoms with Crippen LogP contribution in [0.1, 0.15) is 56.1 Å². The third kappa shape index (κ3) is 4.62. The smallest absolute Gasteiger partial charge is 0.200 e. The summed E-state index contributed by atoms with van der Waals surface area (Å²) in [4.78, 5) is 0. The summed E-state index contributed by atoms with van der Waals surface area (Å²) in [5.74, 6) is -1.20. The highest BCUT2D eigenvalue weighted by Gasteiger charge is 2.26. The van der Waals surface area contributed by atoms with Crippen LogP contribution >= 0.6 is 0 Å². The Labute approximate surface area is 164 Å². The molecule has 0 aromatic heterocycles. The van der Waals surface area contributed by atoms with Gasteiger partial charge in [-0.25, -0.2) is 8.78 Å². The highest BCUT2D eigenvalue weighted by Crippen LogP contribution is 2.40. The van der Waals surface area contributed by atoms with Gasteiger partial charge in [0.15, 0.2) is 23.1 Å². The summed E-state index contributed by atoms with van der Waals surface area (Å²) >= 11 is 0. The monoisotopic (exact) mass is 392 g/mol. The van der Waals surface area contributed by atoms with Gasteiger partial charge in [0.05, 0.1) is 13.7 Å². The lowest BCUT2D eigenvalue weighted by Gasteiger charge is -2.29. The molecule has 0 aliphatic heterocycles. The number of ether oxygens (including phenoxy) is 2. The molecule has 152 valence electrons. The van der Waals surface area contributed by atoms with Gasteiger partial charge in [-0.1, -0.05) is 12.1 Å². The molecule has 0 bridgehead atoms. The van der Waals surface area contributed by atoms with E-state index >= 15 is 0 Å². The Morgan fingerprint density at radius 2 is 1.64 bits per heavy atom. The van der Waals surface area contributed by atoms with Gasteiger partial charge in [0.25, 0.3) is 0 Å². The first-order chi connectivity index (χ1) is 13.5. The third-order valence-electron chi connectivity index (χ3n) is 5.72. The Bertz CT molecular complexity index is 799. The summed E-state index contributed by atoms with van der Waals surface area (Å²) in [7, 11) is 1.45. The number of hydrogen-bond acceptors (Lipinski definition) is 2. The van der Waals surface area contributed by atoms with Crippen molar-refractivity contribution >= 4 is 0 Å². The molecule has 1 saturated carbocycles. The SMILES string of the molecule is CCOc1ccc(C2CCC(CCc3ccc(OC)c(F)c3)CC2)c(F)c1F. The molecule has 0 atom stereocenters. The highest BCUT2D eigenvalue weighted by atomic mass is 19.2. The van der Waals surface area contributed by atoms with Gasteiger partial charge in [0.1, 0.15) is 0 Å². The van der Waals surface area contributed by atoms with E-state index in [-0.39, 0.29) is 23.2 Å². The first-order valence-corrected chi connectivity index (χ1v) is 9.96. The molecule has 0 spiro atoms. The fourth-order valence-corrected chi connectivity index (χ4v) is 4.13. The average molecular weight is 392 g/mol. The summed E-state index contributed by atoms with van der Waals surface area (Å²) in [5, 5.41) is 0. The second kappa shape index (κ2) is 9.35. The maximum absolute atomic E-state index is 14.4. The van der Waals surface area contributed by atoms with Crippen LogP contribution in [0.15, 0.2) is 30.3 Å². The van der Waals surface area contributed by atoms with Crippen LogP contribution in [-0.4, -0.2) is 13.7 Å². The lowest BCUT2D eigenvalue weighted by Crippen LogP contribution is -2.15. The summed E-state index contributed by atoms with van der Waals surface area (Å²) < 4.78 is 52.4. The minimum atomic E-state index is -0.886. The maximum Gasteiger partial charge on any atom is 0.200 e. The predicted molar refractivity (Wildman–Crippen MR) is 103 cm³/mol. The normalized spacial score (nSPS) is 19.5. The van der Waals surface area contributed by atoms with Crippen molar-refractivity contribution in [2.75, 3.05) is 13.7 Å². The molecular formula is C23H27F3O2. The molecule has 2 aromatic carbocycles. The second-order valence-corrected chi connectivity index (χ2v) is 7.44. The van der Waals surface area contributed by atoms with Crippen LogP contribution in [-0.2, 0) is 6.42 Å². The van der Waals surface area contributed by atoms with E-state index in [1.807, 2.05) is 6.07 Å². The Morgan fingerprint density at radius 3 is 2.29 bits per heavy atom. The van der Waals surface area contributed by atoms with Crippen LogP contribution in [0.2, 0.25) is 0 Å². The zero-order valence-corrected chi connectivity index (χ0v) is 16.4. The molecule has 2 aromatic rings. The summed E-state index contributed by atoms with van der Waals surface area (Å²) in [6, 6.07) is 8.27. The van der Waals surface area contributed by atoms with Gasteiger partial charge in [-0.05, 0) is 86.6 Å². The molecule has 0 unspecified atom stereocenters. The minimum absolute atomic E-state index is 0.0239. The molecule has 2 nitrogen and oxygen atoms in total. The molecule has 5 heteroatoms. The van der Waals surface area contributed by atoms with E-state index in [0.29, 0.717) is 18.1 Å². The maximum atomic E-state index is 14.4. The zero-order chi connectivity index (χ0) is 20.1. The van der Waals surface area contributed by atoms with E-state index in [0.717, 1.165) is 44.1 Å². The van der Waals surface area contributed by atoms with Gasteiger partial charge < -0.3 is 9.47 Å². The number of aryl methyl sites for hydroxylation is 1. The van der Waals surface area contributed by atoms with E-state index in [1.165, 1.54) is 19.2 Å². The number of halogens is 3. The molecule has 1 aliphatic rings. The summed E-state index contributed by atoms with van der Waals surface area (Å²) in [5.41, 5.74) is 1.41. The van der Waals surface area contributed by atoms with Crippen molar-refractivity contribution in [3.63, 3.8) is 0 Å². The Morgan fingerprint density at radius 1 is 0.929 bits per heavy atom. The van der Waals surface area contributed by atoms with E-state index in [1.54, 1.807) is 19.1 Å². The van der Waals surface area contributed by atoms with Crippen LogP contribution in [0.25, 0.3) is 0 Å². The van der Waals surface area contributed by atoms with Crippen LogP contribution < -0.4 is 9.47 Å². The molecule has 0 saturated heterocycles. The number of rotatable bonds is 7. The second-order valence-electron chi connectivity index (χ2n) is 7.44. The number of methoxy groups -OCH3 is 1. The Kier molecular flexibility index (Phi) is 6.87. The largest absolute Gasteiger partial charge is 0.494 e. The zero-order valence-electron chi connectivity index (χ0n) is 16.4. The fraction of sp³-hybridized carbons (Fsp3) is 0.478. The van der Waals surface area contributed by atoms with Crippen LogP contribution in [0.4, 0.5) is 13.2 Å². The first-order valence-electron chi connectivity index (χ1n) is 9.96. The van der Waals surface area contributed by atoms with Crippen LogP contribution in [0.3, 0.4) is 0 Å². The van der Waals surface area contributed by atoms with Crippen LogP contribution in [0, 0.1) is 23.4 Å². The molecule has 1 fully saturated rings. The quantitative estimate of drug-likeness (QED) is 0.541. The summed E-state index contributed by atoms with van der Waals surface area (Å²) in [6.45, 7) is 2.05. The molecule has 0 radical (unpaired) electrons. The molecule has 28 heavy (non-hydrogen) atoms. The molecule has 1 aliphatic carbocycles. The standard InChI is InChI=1S/C23H27F3O2/c1-3-28-21-13-11-18(22(25)23(21)26)17-9-6-15(7-10-17)4-5-16-8-12-20(27-2)19(24)14-16/h8,11-15,17H,3-7,9-10H2,1-2H3. The topological polar surface area (TPSA) is 18.5 Å². The molecule has 0 N–H and O–H groups in total. The molecule has 0 amide bonds. The van der Waals surface area contributed by atoms with Crippen molar-refractivity contribution in [1.29, 1.82) is 0 Å². The first kappa shape index (κ1) is 20.6. The van der Waals surface area contributed by atoms with Crippen LogP contribution in [0.5, 0.6) is 11.5 Å². The third-order valence-corrected chi connectivity index (χ3v) is 5.72. The van der Waals surface area contributed by atoms with Crippen molar-refractivity contribution in [3.8, 4) is 11.5 Å². The van der Waals surface area contributed by atoms with Gasteiger partial charge in [-0.3, -0.25) is 0 Å². The molecule has 3 rings (SSSR count). The average Bonchev–Trinajstić information content (AvgIpc) is 2.71. The van der Waals surface area contributed by atoms with Gasteiger partial charge in [0.2, 0.25) is 5.82 Å². The van der Waals surface area contributed by atoms with Gasteiger partial charge in [-0.15, -0.1) is 0 Å². The summed E-state index contributed by atoms with van der Waals surface area (Å²) in [6.07, 6.45) is 5.40. The van der Waals surface area contributed by atoms with Crippen molar-refractivity contribution < 1.29 is 22.6 Å². The van der Waals surface area contributed by atoms with Crippen molar-refractivity contribution in [3.05, 3.63) is 58.9 Å². The van der Waals surface area contributed by atoms with E-state index in [2.05, 4.69) is 0 Å². The minimum Gasteiger partial charge on any atom is -0.494 e. The molecular weight excluding hydrogens is 365 g/mol. The number of hydrogen-bond donors (Lipinski definition) is 0. The van der Waals surface area contributed by atoms with Gasteiger partial charge in [-0.2, -0.15) is 4.39 Å². The van der Waals surface area contributed by atoms with Crippen molar-refractivity contribution in [2.24, 2.45) is 5.92 Å². The predicted octanol–water partition coefficient (Wildman–Crippen LogP) is 6.42. The number of benzene rings is 2. The van der Waals surface area contributed by atoms with E-state index in [4.69, 9.17) is 9.47 Å². The van der Waals surface area contributed by atoms with E-state index < -0.39 is 11.6 Å². The lowest BCUT2D eigenvalue weighted by atomic mass is 9.76. The van der Waals surface area contributed by atoms with E-state index in [9.17, 15) is 13.2 Å². The van der Waals surface area contributed by atoms with Gasteiger partial charge >= 0.3 is 0 Å². The van der Waals surface area contributed by atoms with Gasteiger partial charge in [0, 0.05) is 0 Å². The Hall–Kier alpha value is -2.17. The Balaban J connectivity index is 1.55. The van der Waals surface area contributed by atoms with Crippen molar-refractivity contribution in [2.45, 2.75) is 51.4 Å². The molecule has 0 heterocycles. The fourth-order valence-electron chi connectivity index (χ4n) is 4.13.